The fourth-order valence-electron chi connectivity index (χ4n) is 3.39. The zero-order chi connectivity index (χ0) is 18.7. The minimum atomic E-state index is -0.769. The molecule has 6 heteroatoms. The molecule has 0 aromatic heterocycles. The second-order valence-corrected chi connectivity index (χ2v) is 7.70. The van der Waals surface area contributed by atoms with Gasteiger partial charge in [-0.25, -0.2) is 0 Å². The van der Waals surface area contributed by atoms with E-state index in [-0.39, 0.29) is 30.5 Å². The number of aliphatic carboxylic acids is 1. The van der Waals surface area contributed by atoms with Gasteiger partial charge in [0.25, 0.3) is 0 Å². The Labute approximate surface area is 158 Å². The van der Waals surface area contributed by atoms with Crippen molar-refractivity contribution in [3.8, 4) is 0 Å². The Morgan fingerprint density at radius 3 is 2.60 bits per heavy atom. The lowest BCUT2D eigenvalue weighted by molar-refractivity contribution is -0.137. The number of alkyl halides is 1. The highest BCUT2D eigenvalue weighted by atomic mass is 79.9. The van der Waals surface area contributed by atoms with Crippen molar-refractivity contribution < 1.29 is 24.9 Å². The summed E-state index contributed by atoms with van der Waals surface area (Å²) in [6, 6.07) is 0. The highest BCUT2D eigenvalue weighted by Gasteiger charge is 2.39. The highest BCUT2D eigenvalue weighted by molar-refractivity contribution is 9.09. The molecule has 1 aliphatic carbocycles. The Morgan fingerprint density at radius 1 is 1.20 bits per heavy atom. The molecular formula is C19H31BrO5. The average molecular weight is 419 g/mol. The fourth-order valence-corrected chi connectivity index (χ4v) is 3.78. The lowest BCUT2D eigenvalue weighted by Crippen LogP contribution is -2.19. The van der Waals surface area contributed by atoms with Crippen LogP contribution in [0.15, 0.2) is 12.2 Å². The van der Waals surface area contributed by atoms with Crippen LogP contribution in [0.3, 0.4) is 0 Å². The number of carboxylic acid groups (broad SMARTS) is 1. The summed E-state index contributed by atoms with van der Waals surface area (Å²) >= 11 is 3.36. The van der Waals surface area contributed by atoms with Crippen molar-refractivity contribution >= 4 is 27.7 Å². The number of unbranched alkanes of at least 4 members (excludes halogenated alkanes) is 4. The molecule has 3 N–H and O–H groups in total. The number of carboxylic acids is 1. The van der Waals surface area contributed by atoms with Gasteiger partial charge in [-0.1, -0.05) is 47.3 Å². The topological polar surface area (TPSA) is 94.8 Å². The summed E-state index contributed by atoms with van der Waals surface area (Å²) in [5, 5.41) is 29.6. The summed E-state index contributed by atoms with van der Waals surface area (Å²) < 4.78 is 0. The molecule has 0 saturated heterocycles. The number of aliphatic hydroxyl groups is 2. The first-order chi connectivity index (χ1) is 12.0. The molecule has 0 aromatic rings. The van der Waals surface area contributed by atoms with Gasteiger partial charge in [-0.15, -0.1) is 0 Å². The first kappa shape index (κ1) is 22.3. The van der Waals surface area contributed by atoms with Crippen molar-refractivity contribution in [3.63, 3.8) is 0 Å². The van der Waals surface area contributed by atoms with Crippen LogP contribution in [-0.4, -0.2) is 44.6 Å². The first-order valence-corrected chi connectivity index (χ1v) is 10.4. The third-order valence-corrected chi connectivity index (χ3v) is 5.39. The smallest absolute Gasteiger partial charge is 0.303 e. The van der Waals surface area contributed by atoms with Gasteiger partial charge in [0.1, 0.15) is 5.78 Å². The van der Waals surface area contributed by atoms with Gasteiger partial charge in [0.2, 0.25) is 0 Å². The predicted molar refractivity (Wildman–Crippen MR) is 101 cm³/mol. The van der Waals surface area contributed by atoms with E-state index in [1.807, 2.05) is 6.08 Å². The van der Waals surface area contributed by atoms with Gasteiger partial charge in [0.05, 0.1) is 12.2 Å². The normalized spacial score (nSPS) is 24.9. The molecule has 5 nitrogen and oxygen atoms in total. The Hall–Kier alpha value is -0.720. The molecule has 0 bridgehead atoms. The Balaban J connectivity index is 2.39. The average Bonchev–Trinajstić information content (AvgIpc) is 2.82. The summed E-state index contributed by atoms with van der Waals surface area (Å²) in [7, 11) is 0. The van der Waals surface area contributed by atoms with Gasteiger partial charge < -0.3 is 15.3 Å². The number of hydrogen-bond acceptors (Lipinski definition) is 4. The summed E-state index contributed by atoms with van der Waals surface area (Å²) in [5.41, 5.74) is 0. The summed E-state index contributed by atoms with van der Waals surface area (Å²) in [6.07, 6.45) is 9.38. The predicted octanol–water partition coefficient (Wildman–Crippen LogP) is 3.46. The number of Topliss-reactive ketones (excluding diaryl/α,β-unsaturated/α-hetero) is 1. The molecule has 144 valence electrons. The Kier molecular flexibility index (Phi) is 11.3. The van der Waals surface area contributed by atoms with Crippen LogP contribution < -0.4 is 0 Å². The standard InChI is InChI=1S/C19H31BrO5/c20-12-6-5-7-14(21)10-11-16-15(17(22)13-18(16)23)8-3-1-2-4-9-19(24)25/h10-11,14-16,18,21,23H,1-9,12-13H2,(H,24,25)/t14?,15-,16-,18-/m1/s1. The molecule has 4 atom stereocenters. The van der Waals surface area contributed by atoms with E-state index in [2.05, 4.69) is 15.9 Å². The maximum Gasteiger partial charge on any atom is 0.303 e. The number of aliphatic hydroxyl groups excluding tert-OH is 2. The Bertz CT molecular complexity index is 438. The van der Waals surface area contributed by atoms with Gasteiger partial charge in [0, 0.05) is 30.0 Å². The second kappa shape index (κ2) is 12.6. The molecule has 0 aromatic carbocycles. The number of halogens is 1. The van der Waals surface area contributed by atoms with Crippen LogP contribution in [0, 0.1) is 11.8 Å². The lowest BCUT2D eigenvalue weighted by atomic mass is 9.88. The molecule has 25 heavy (non-hydrogen) atoms. The van der Waals surface area contributed by atoms with Gasteiger partial charge in [0.15, 0.2) is 0 Å². The van der Waals surface area contributed by atoms with E-state index >= 15 is 0 Å². The van der Waals surface area contributed by atoms with Gasteiger partial charge in [-0.05, 0) is 32.1 Å². The molecule has 0 aliphatic heterocycles. The molecule has 0 radical (unpaired) electrons. The van der Waals surface area contributed by atoms with Crippen molar-refractivity contribution in [3.05, 3.63) is 12.2 Å². The van der Waals surface area contributed by atoms with Crippen LogP contribution in [0.25, 0.3) is 0 Å². The summed E-state index contributed by atoms with van der Waals surface area (Å²) in [6.45, 7) is 0. The van der Waals surface area contributed by atoms with E-state index in [4.69, 9.17) is 5.11 Å². The minimum absolute atomic E-state index is 0.0986. The van der Waals surface area contributed by atoms with E-state index in [0.717, 1.165) is 43.9 Å². The molecular weight excluding hydrogens is 388 g/mol. The molecule has 0 spiro atoms. The monoisotopic (exact) mass is 418 g/mol. The van der Waals surface area contributed by atoms with Gasteiger partial charge in [-0.3, -0.25) is 9.59 Å². The summed E-state index contributed by atoms with van der Waals surface area (Å²) in [5.74, 6) is -1.06. The van der Waals surface area contributed by atoms with Crippen LogP contribution in [-0.2, 0) is 9.59 Å². The zero-order valence-corrected chi connectivity index (χ0v) is 16.4. The molecule has 1 fully saturated rings. The summed E-state index contributed by atoms with van der Waals surface area (Å²) in [4.78, 5) is 22.6. The molecule has 0 heterocycles. The molecule has 1 unspecified atom stereocenters. The quantitative estimate of drug-likeness (QED) is 0.242. The number of rotatable bonds is 13. The third-order valence-electron chi connectivity index (χ3n) is 4.83. The van der Waals surface area contributed by atoms with Crippen LogP contribution in [0.5, 0.6) is 0 Å². The third kappa shape index (κ3) is 8.97. The SMILES string of the molecule is O=C(O)CCCCCC[C@H]1C(=O)C[C@@H](O)[C@@H]1C=CC(O)CCCCBr. The zero-order valence-electron chi connectivity index (χ0n) is 14.8. The molecule has 1 rings (SSSR count). The second-order valence-electron chi connectivity index (χ2n) is 6.91. The van der Waals surface area contributed by atoms with Gasteiger partial charge >= 0.3 is 5.97 Å². The lowest BCUT2D eigenvalue weighted by Gasteiger charge is -2.18. The van der Waals surface area contributed by atoms with Crippen molar-refractivity contribution in [1.29, 1.82) is 0 Å². The number of carbonyl (C=O) groups excluding carboxylic acids is 1. The Morgan fingerprint density at radius 2 is 1.92 bits per heavy atom. The van der Waals surface area contributed by atoms with Gasteiger partial charge in [-0.2, -0.15) is 0 Å². The maximum absolute atomic E-state index is 12.1. The van der Waals surface area contributed by atoms with Crippen LogP contribution in [0.2, 0.25) is 0 Å². The minimum Gasteiger partial charge on any atom is -0.481 e. The number of ketones is 1. The van der Waals surface area contributed by atoms with Crippen molar-refractivity contribution in [1.82, 2.24) is 0 Å². The van der Waals surface area contributed by atoms with Crippen molar-refractivity contribution in [2.45, 2.75) is 76.4 Å². The van der Waals surface area contributed by atoms with E-state index in [0.29, 0.717) is 12.8 Å². The number of hydrogen-bond donors (Lipinski definition) is 3. The number of carbonyl (C=O) groups is 2. The van der Waals surface area contributed by atoms with Crippen LogP contribution in [0.4, 0.5) is 0 Å². The fraction of sp³-hybridized carbons (Fsp3) is 0.789. The maximum atomic E-state index is 12.1. The largest absolute Gasteiger partial charge is 0.481 e. The highest BCUT2D eigenvalue weighted by Crippen LogP contribution is 2.34. The van der Waals surface area contributed by atoms with E-state index < -0.39 is 18.2 Å². The van der Waals surface area contributed by atoms with Crippen molar-refractivity contribution in [2.24, 2.45) is 11.8 Å². The van der Waals surface area contributed by atoms with E-state index in [1.165, 1.54) is 0 Å². The van der Waals surface area contributed by atoms with Crippen molar-refractivity contribution in [2.75, 3.05) is 5.33 Å². The molecule has 0 amide bonds. The van der Waals surface area contributed by atoms with Crippen LogP contribution in [0.1, 0.15) is 64.2 Å². The molecule has 1 aliphatic rings. The molecule has 1 saturated carbocycles. The first-order valence-electron chi connectivity index (χ1n) is 9.30. The van der Waals surface area contributed by atoms with Crippen LogP contribution >= 0.6 is 15.9 Å². The van der Waals surface area contributed by atoms with E-state index in [1.54, 1.807) is 6.08 Å². The van der Waals surface area contributed by atoms with E-state index in [9.17, 15) is 19.8 Å².